The van der Waals surface area contributed by atoms with E-state index in [4.69, 9.17) is 11.6 Å². The van der Waals surface area contributed by atoms with Gasteiger partial charge in [-0.1, -0.05) is 18.5 Å². The van der Waals surface area contributed by atoms with Crippen LogP contribution in [0.5, 0.6) is 0 Å². The molecule has 0 bridgehead atoms. The van der Waals surface area contributed by atoms with E-state index in [-0.39, 0.29) is 0 Å². The minimum absolute atomic E-state index is 0.397. The fourth-order valence-electron chi connectivity index (χ4n) is 2.00. The topological polar surface area (TPSA) is 52.6 Å². The van der Waals surface area contributed by atoms with Gasteiger partial charge in [0.15, 0.2) is 6.10 Å². The lowest BCUT2D eigenvalue weighted by Gasteiger charge is -2.20. The van der Waals surface area contributed by atoms with Crippen molar-refractivity contribution in [3.8, 4) is 0 Å². The Morgan fingerprint density at radius 1 is 1.53 bits per heavy atom. The van der Waals surface area contributed by atoms with Gasteiger partial charge >= 0.3 is 0 Å². The second kappa shape index (κ2) is 4.55. The van der Waals surface area contributed by atoms with Gasteiger partial charge in [-0.3, -0.25) is 4.79 Å². The Labute approximate surface area is 105 Å². The van der Waals surface area contributed by atoms with Crippen molar-refractivity contribution in [3.05, 3.63) is 22.7 Å². The molecule has 1 aliphatic heterocycles. The quantitative estimate of drug-likeness (QED) is 0.869. The highest BCUT2D eigenvalue weighted by atomic mass is 35.5. The van der Waals surface area contributed by atoms with Gasteiger partial charge in [0, 0.05) is 24.8 Å². The molecule has 0 radical (unpaired) electrons. The molecule has 1 unspecified atom stereocenters. The van der Waals surface area contributed by atoms with Crippen LogP contribution >= 0.6 is 11.6 Å². The van der Waals surface area contributed by atoms with Gasteiger partial charge in [0.25, 0.3) is 5.91 Å². The summed E-state index contributed by atoms with van der Waals surface area (Å²) < 4.78 is 0. The normalized spacial score (nSPS) is 17.9. The van der Waals surface area contributed by atoms with Gasteiger partial charge in [0.1, 0.15) is 0 Å². The minimum Gasteiger partial charge on any atom is -0.378 e. The fraction of sp³-hybridized carbons (Fsp3) is 0.417. The van der Waals surface area contributed by atoms with Crippen LogP contribution in [0.3, 0.4) is 0 Å². The molecule has 0 aromatic heterocycles. The van der Waals surface area contributed by atoms with Crippen LogP contribution < -0.4 is 10.2 Å². The molecule has 0 fully saturated rings. The van der Waals surface area contributed by atoms with Crippen molar-refractivity contribution < 1.29 is 9.90 Å². The number of benzene rings is 1. The zero-order chi connectivity index (χ0) is 12.6. The van der Waals surface area contributed by atoms with Crippen molar-refractivity contribution >= 4 is 28.9 Å². The SMILES string of the molecule is CCCN(C)c1cc2c(cc1Cl)C(O)C(=O)N2. The van der Waals surface area contributed by atoms with E-state index >= 15 is 0 Å². The Bertz CT molecular complexity index is 462. The lowest BCUT2D eigenvalue weighted by atomic mass is 10.1. The summed E-state index contributed by atoms with van der Waals surface area (Å²) in [5.41, 5.74) is 2.06. The number of fused-ring (bicyclic) bond motifs is 1. The van der Waals surface area contributed by atoms with E-state index in [1.807, 2.05) is 11.9 Å². The summed E-state index contributed by atoms with van der Waals surface area (Å²) in [6.45, 7) is 2.97. The number of halogens is 1. The second-order valence-corrected chi connectivity index (χ2v) is 4.61. The summed E-state index contributed by atoms with van der Waals surface area (Å²) in [6, 6.07) is 3.46. The summed E-state index contributed by atoms with van der Waals surface area (Å²) in [5.74, 6) is -0.397. The molecule has 17 heavy (non-hydrogen) atoms. The van der Waals surface area contributed by atoms with Crippen LogP contribution in [-0.2, 0) is 4.79 Å². The van der Waals surface area contributed by atoms with Crippen molar-refractivity contribution in [1.29, 1.82) is 0 Å². The van der Waals surface area contributed by atoms with E-state index in [0.29, 0.717) is 16.3 Å². The highest BCUT2D eigenvalue weighted by Crippen LogP contribution is 2.38. The molecule has 5 heteroatoms. The van der Waals surface area contributed by atoms with Gasteiger partial charge in [-0.25, -0.2) is 0 Å². The zero-order valence-corrected chi connectivity index (χ0v) is 10.6. The van der Waals surface area contributed by atoms with Crippen molar-refractivity contribution in [1.82, 2.24) is 0 Å². The van der Waals surface area contributed by atoms with Crippen LogP contribution in [0.15, 0.2) is 12.1 Å². The molecular weight excluding hydrogens is 240 g/mol. The van der Waals surface area contributed by atoms with Gasteiger partial charge < -0.3 is 15.3 Å². The van der Waals surface area contributed by atoms with Crippen LogP contribution in [0.2, 0.25) is 5.02 Å². The summed E-state index contributed by atoms with van der Waals surface area (Å²) in [7, 11) is 1.95. The number of nitrogens with zero attached hydrogens (tertiary/aromatic N) is 1. The predicted molar refractivity (Wildman–Crippen MR) is 68.6 cm³/mol. The Kier molecular flexibility index (Phi) is 3.26. The maximum atomic E-state index is 11.3. The van der Waals surface area contributed by atoms with E-state index in [1.165, 1.54) is 0 Å². The van der Waals surface area contributed by atoms with E-state index in [0.717, 1.165) is 18.7 Å². The molecular formula is C12H15ClN2O2. The molecule has 0 aliphatic carbocycles. The van der Waals surface area contributed by atoms with Gasteiger partial charge in [0.05, 0.1) is 10.7 Å². The molecule has 0 saturated heterocycles. The number of amides is 1. The third-order valence-corrected chi connectivity index (χ3v) is 3.19. The first kappa shape index (κ1) is 12.2. The van der Waals surface area contributed by atoms with Crippen molar-refractivity contribution in [2.45, 2.75) is 19.4 Å². The number of hydrogen-bond donors (Lipinski definition) is 2. The number of nitrogens with one attached hydrogen (secondary N) is 1. The highest BCUT2D eigenvalue weighted by molar-refractivity contribution is 6.33. The Balaban J connectivity index is 2.39. The third-order valence-electron chi connectivity index (χ3n) is 2.89. The number of aliphatic hydroxyl groups is 1. The average Bonchev–Trinajstić information content (AvgIpc) is 2.55. The van der Waals surface area contributed by atoms with E-state index in [9.17, 15) is 9.90 Å². The molecule has 4 nitrogen and oxygen atoms in total. The highest BCUT2D eigenvalue weighted by Gasteiger charge is 2.29. The van der Waals surface area contributed by atoms with Crippen molar-refractivity contribution in [2.24, 2.45) is 0 Å². The van der Waals surface area contributed by atoms with Gasteiger partial charge in [-0.15, -0.1) is 0 Å². The largest absolute Gasteiger partial charge is 0.378 e. The smallest absolute Gasteiger partial charge is 0.257 e. The summed E-state index contributed by atoms with van der Waals surface area (Å²) in [5, 5.41) is 12.8. The number of rotatable bonds is 3. The number of carbonyl (C=O) groups excluding carboxylic acids is 1. The lowest BCUT2D eigenvalue weighted by molar-refractivity contribution is -0.123. The maximum absolute atomic E-state index is 11.3. The van der Waals surface area contributed by atoms with E-state index in [1.54, 1.807) is 12.1 Å². The standard InChI is InChI=1S/C12H15ClN2O2/c1-3-4-15(2)10-6-9-7(5-8(10)13)11(16)12(17)14-9/h5-6,11,16H,3-4H2,1-2H3,(H,14,17). The Morgan fingerprint density at radius 3 is 2.88 bits per heavy atom. The first-order valence-electron chi connectivity index (χ1n) is 5.58. The van der Waals surface area contributed by atoms with Crippen LogP contribution in [0.25, 0.3) is 0 Å². The first-order chi connectivity index (χ1) is 8.04. The fourth-order valence-corrected chi connectivity index (χ4v) is 2.32. The molecule has 1 heterocycles. The molecule has 92 valence electrons. The third kappa shape index (κ3) is 2.10. The molecule has 1 aliphatic rings. The molecule has 1 atom stereocenters. The lowest BCUT2D eigenvalue weighted by Crippen LogP contribution is -2.18. The zero-order valence-electron chi connectivity index (χ0n) is 9.83. The summed E-state index contributed by atoms with van der Waals surface area (Å²) in [6.07, 6.45) is -0.0909. The van der Waals surface area contributed by atoms with Crippen LogP contribution in [0.4, 0.5) is 11.4 Å². The molecule has 0 spiro atoms. The van der Waals surface area contributed by atoms with E-state index in [2.05, 4.69) is 12.2 Å². The van der Waals surface area contributed by atoms with Crippen molar-refractivity contribution in [3.63, 3.8) is 0 Å². The van der Waals surface area contributed by atoms with Gasteiger partial charge in [-0.05, 0) is 18.6 Å². The summed E-state index contributed by atoms with van der Waals surface area (Å²) >= 11 is 6.16. The number of aliphatic hydroxyl groups excluding tert-OH is 1. The predicted octanol–water partition coefficient (Wildman–Crippen LogP) is 2.17. The van der Waals surface area contributed by atoms with Gasteiger partial charge in [0.2, 0.25) is 0 Å². The van der Waals surface area contributed by atoms with Gasteiger partial charge in [-0.2, -0.15) is 0 Å². The van der Waals surface area contributed by atoms with E-state index < -0.39 is 12.0 Å². The van der Waals surface area contributed by atoms with Crippen molar-refractivity contribution in [2.75, 3.05) is 23.8 Å². The van der Waals surface area contributed by atoms with Crippen LogP contribution in [0.1, 0.15) is 25.0 Å². The van der Waals surface area contributed by atoms with Crippen LogP contribution in [-0.4, -0.2) is 24.6 Å². The Hall–Kier alpha value is -1.26. The molecule has 2 N–H and O–H groups in total. The summed E-state index contributed by atoms with van der Waals surface area (Å²) in [4.78, 5) is 13.4. The van der Waals surface area contributed by atoms with Crippen LogP contribution in [0, 0.1) is 0 Å². The number of anilines is 2. The molecule has 0 saturated carbocycles. The molecule has 2 rings (SSSR count). The molecule has 1 aromatic rings. The Morgan fingerprint density at radius 2 is 2.24 bits per heavy atom. The first-order valence-corrected chi connectivity index (χ1v) is 5.96. The monoisotopic (exact) mass is 254 g/mol. The second-order valence-electron chi connectivity index (χ2n) is 4.20. The number of hydrogen-bond acceptors (Lipinski definition) is 3. The molecule has 1 aromatic carbocycles. The minimum atomic E-state index is -1.10. The average molecular weight is 255 g/mol. The molecule has 1 amide bonds. The number of carbonyl (C=O) groups is 1. The maximum Gasteiger partial charge on any atom is 0.257 e.